The zero-order valence-corrected chi connectivity index (χ0v) is 9.79. The van der Waals surface area contributed by atoms with Crippen molar-refractivity contribution < 1.29 is 14.2 Å². The van der Waals surface area contributed by atoms with E-state index in [9.17, 15) is 9.50 Å². The Morgan fingerprint density at radius 2 is 2.17 bits per heavy atom. The maximum absolute atomic E-state index is 13.1. The summed E-state index contributed by atoms with van der Waals surface area (Å²) in [7, 11) is 0. The van der Waals surface area contributed by atoms with Crippen LogP contribution in [0.4, 0.5) is 4.39 Å². The summed E-state index contributed by atoms with van der Waals surface area (Å²) in [6.45, 7) is 0.190. The summed E-state index contributed by atoms with van der Waals surface area (Å²) in [6.07, 6.45) is 3.25. The van der Waals surface area contributed by atoms with Crippen molar-refractivity contribution in [1.29, 1.82) is 0 Å². The number of aliphatic hydroxyl groups is 1. The molecule has 0 aliphatic carbocycles. The fourth-order valence-electron chi connectivity index (χ4n) is 1.64. The molecule has 1 unspecified atom stereocenters. The van der Waals surface area contributed by atoms with Crippen LogP contribution in [0.3, 0.4) is 0 Å². The van der Waals surface area contributed by atoms with Crippen molar-refractivity contribution in [2.75, 3.05) is 13.2 Å². The molecule has 0 saturated carbocycles. The highest BCUT2D eigenvalue weighted by molar-refractivity contribution is 5.22. The second-order valence-electron chi connectivity index (χ2n) is 3.93. The quantitative estimate of drug-likeness (QED) is 0.882. The van der Waals surface area contributed by atoms with Crippen LogP contribution in [0.5, 0.6) is 5.75 Å². The van der Waals surface area contributed by atoms with Gasteiger partial charge in [-0.05, 0) is 29.8 Å². The van der Waals surface area contributed by atoms with E-state index in [4.69, 9.17) is 4.74 Å². The molecule has 1 aromatic carbocycles. The SMILES string of the molecule is OCC(COc1cccnc1)c1cccc(F)c1. The second-order valence-corrected chi connectivity index (χ2v) is 3.93. The summed E-state index contributed by atoms with van der Waals surface area (Å²) in [5, 5.41) is 9.33. The summed E-state index contributed by atoms with van der Waals surface area (Å²) in [5.74, 6) is 0.0700. The van der Waals surface area contributed by atoms with Gasteiger partial charge in [-0.1, -0.05) is 12.1 Å². The number of hydrogen-bond acceptors (Lipinski definition) is 3. The first-order valence-electron chi connectivity index (χ1n) is 5.68. The van der Waals surface area contributed by atoms with E-state index >= 15 is 0 Å². The van der Waals surface area contributed by atoms with Crippen LogP contribution in [-0.2, 0) is 0 Å². The molecular weight excluding hydrogens is 233 g/mol. The molecule has 1 atom stereocenters. The van der Waals surface area contributed by atoms with Crippen molar-refractivity contribution in [2.45, 2.75) is 5.92 Å². The van der Waals surface area contributed by atoms with E-state index in [1.807, 2.05) is 0 Å². The Kier molecular flexibility index (Phi) is 4.25. The van der Waals surface area contributed by atoms with E-state index in [-0.39, 0.29) is 24.9 Å². The molecule has 94 valence electrons. The summed E-state index contributed by atoms with van der Waals surface area (Å²) in [5.41, 5.74) is 0.724. The molecule has 4 heteroatoms. The van der Waals surface area contributed by atoms with Gasteiger partial charge in [0.05, 0.1) is 19.4 Å². The summed E-state index contributed by atoms with van der Waals surface area (Å²) in [4.78, 5) is 3.93. The van der Waals surface area contributed by atoms with Crippen LogP contribution in [0, 0.1) is 5.82 Å². The lowest BCUT2D eigenvalue weighted by Gasteiger charge is -2.15. The number of hydrogen-bond donors (Lipinski definition) is 1. The van der Waals surface area contributed by atoms with Gasteiger partial charge in [0.15, 0.2) is 0 Å². The van der Waals surface area contributed by atoms with Crippen molar-refractivity contribution in [3.8, 4) is 5.75 Å². The third kappa shape index (κ3) is 3.28. The number of aromatic nitrogens is 1. The predicted octanol–water partition coefficient (Wildman–Crippen LogP) is 2.38. The molecule has 0 spiro atoms. The van der Waals surface area contributed by atoms with E-state index < -0.39 is 0 Å². The highest BCUT2D eigenvalue weighted by Crippen LogP contribution is 2.18. The zero-order chi connectivity index (χ0) is 12.8. The fraction of sp³-hybridized carbons (Fsp3) is 0.214. The van der Waals surface area contributed by atoms with Gasteiger partial charge in [-0.25, -0.2) is 4.39 Å². The standard InChI is InChI=1S/C14H14FNO2/c15-13-4-1-3-11(7-13)12(9-17)10-18-14-5-2-6-16-8-14/h1-8,12,17H,9-10H2. The molecule has 18 heavy (non-hydrogen) atoms. The van der Waals surface area contributed by atoms with Crippen molar-refractivity contribution in [3.05, 3.63) is 60.2 Å². The van der Waals surface area contributed by atoms with Crippen LogP contribution in [0.2, 0.25) is 0 Å². The van der Waals surface area contributed by atoms with Gasteiger partial charge in [0, 0.05) is 12.1 Å². The van der Waals surface area contributed by atoms with Crippen molar-refractivity contribution in [1.82, 2.24) is 4.98 Å². The van der Waals surface area contributed by atoms with Crippen molar-refractivity contribution in [3.63, 3.8) is 0 Å². The number of ether oxygens (including phenoxy) is 1. The van der Waals surface area contributed by atoms with Crippen molar-refractivity contribution >= 4 is 0 Å². The highest BCUT2D eigenvalue weighted by Gasteiger charge is 2.12. The van der Waals surface area contributed by atoms with Gasteiger partial charge >= 0.3 is 0 Å². The number of benzene rings is 1. The number of rotatable bonds is 5. The van der Waals surface area contributed by atoms with Crippen LogP contribution in [0.1, 0.15) is 11.5 Å². The van der Waals surface area contributed by atoms with E-state index in [2.05, 4.69) is 4.98 Å². The highest BCUT2D eigenvalue weighted by atomic mass is 19.1. The van der Waals surface area contributed by atoms with Gasteiger partial charge in [0.25, 0.3) is 0 Å². The first-order valence-corrected chi connectivity index (χ1v) is 5.68. The monoisotopic (exact) mass is 247 g/mol. The number of pyridine rings is 1. The second kappa shape index (κ2) is 6.12. The Morgan fingerprint density at radius 3 is 2.83 bits per heavy atom. The molecule has 0 radical (unpaired) electrons. The third-order valence-electron chi connectivity index (χ3n) is 2.63. The summed E-state index contributed by atoms with van der Waals surface area (Å²) < 4.78 is 18.6. The van der Waals surface area contributed by atoms with Gasteiger partial charge in [0.2, 0.25) is 0 Å². The molecule has 0 amide bonds. The normalized spacial score (nSPS) is 12.1. The molecule has 1 aromatic heterocycles. The van der Waals surface area contributed by atoms with Crippen LogP contribution in [-0.4, -0.2) is 23.3 Å². The molecule has 0 fully saturated rings. The van der Waals surface area contributed by atoms with E-state index in [0.717, 1.165) is 5.56 Å². The Labute approximate surface area is 105 Å². The average Bonchev–Trinajstić information content (AvgIpc) is 2.41. The minimum Gasteiger partial charge on any atom is -0.491 e. The molecule has 2 rings (SSSR count). The predicted molar refractivity (Wildman–Crippen MR) is 66.0 cm³/mol. The van der Waals surface area contributed by atoms with Gasteiger partial charge in [0.1, 0.15) is 11.6 Å². The lowest BCUT2D eigenvalue weighted by Crippen LogP contribution is -2.14. The lowest BCUT2D eigenvalue weighted by molar-refractivity contribution is 0.204. The molecule has 3 nitrogen and oxygen atoms in total. The fourth-order valence-corrected chi connectivity index (χ4v) is 1.64. The topological polar surface area (TPSA) is 42.4 Å². The van der Waals surface area contributed by atoms with Gasteiger partial charge < -0.3 is 9.84 Å². The number of aliphatic hydroxyl groups excluding tert-OH is 1. The molecule has 0 bridgehead atoms. The van der Waals surface area contributed by atoms with Gasteiger partial charge in [-0.15, -0.1) is 0 Å². The van der Waals surface area contributed by atoms with Crippen LogP contribution >= 0.6 is 0 Å². The maximum Gasteiger partial charge on any atom is 0.137 e. The smallest absolute Gasteiger partial charge is 0.137 e. The zero-order valence-electron chi connectivity index (χ0n) is 9.79. The van der Waals surface area contributed by atoms with E-state index in [1.54, 1.807) is 36.7 Å². The van der Waals surface area contributed by atoms with E-state index in [0.29, 0.717) is 5.75 Å². The Balaban J connectivity index is 2.02. The maximum atomic E-state index is 13.1. The van der Waals surface area contributed by atoms with Gasteiger partial charge in [-0.2, -0.15) is 0 Å². The van der Waals surface area contributed by atoms with E-state index in [1.165, 1.54) is 12.1 Å². The van der Waals surface area contributed by atoms with Crippen molar-refractivity contribution in [2.24, 2.45) is 0 Å². The lowest BCUT2D eigenvalue weighted by atomic mass is 10.0. The molecular formula is C14H14FNO2. The molecule has 1 heterocycles. The first kappa shape index (κ1) is 12.5. The summed E-state index contributed by atoms with van der Waals surface area (Å²) in [6, 6.07) is 9.74. The largest absolute Gasteiger partial charge is 0.491 e. The molecule has 0 saturated heterocycles. The van der Waals surface area contributed by atoms with Crippen LogP contribution in [0.25, 0.3) is 0 Å². The minimum absolute atomic E-state index is 0.0935. The van der Waals surface area contributed by atoms with Gasteiger partial charge in [-0.3, -0.25) is 4.98 Å². The minimum atomic E-state index is -0.313. The van der Waals surface area contributed by atoms with Crippen LogP contribution < -0.4 is 4.74 Å². The Bertz CT molecular complexity index is 490. The summed E-state index contributed by atoms with van der Waals surface area (Å²) >= 11 is 0. The number of halogens is 1. The average molecular weight is 247 g/mol. The molecule has 1 N–H and O–H groups in total. The first-order chi connectivity index (χ1) is 8.79. The molecule has 0 aliphatic heterocycles. The molecule has 2 aromatic rings. The number of nitrogens with zero attached hydrogens (tertiary/aromatic N) is 1. The third-order valence-corrected chi connectivity index (χ3v) is 2.63. The Morgan fingerprint density at radius 1 is 1.28 bits per heavy atom. The van der Waals surface area contributed by atoms with Crippen LogP contribution in [0.15, 0.2) is 48.8 Å². The molecule has 0 aliphatic rings. The Hall–Kier alpha value is -1.94.